The molecular formula is C18H23N. The van der Waals surface area contributed by atoms with Crippen LogP contribution in [0.3, 0.4) is 0 Å². The van der Waals surface area contributed by atoms with Gasteiger partial charge in [-0.25, -0.2) is 0 Å². The first-order valence-corrected chi connectivity index (χ1v) is 7.25. The second-order valence-corrected chi connectivity index (χ2v) is 4.87. The van der Waals surface area contributed by atoms with Gasteiger partial charge < -0.3 is 5.32 Å². The van der Waals surface area contributed by atoms with E-state index in [1.807, 2.05) is 0 Å². The number of hydrogen-bond acceptors (Lipinski definition) is 1. The maximum Gasteiger partial charge on any atom is 0.0388 e. The molecule has 0 amide bonds. The molecule has 1 N–H and O–H groups in total. The number of aryl methyl sites for hydroxylation is 1. The molecule has 1 nitrogen and oxygen atoms in total. The SMILES string of the molecule is CC/C=C(\CC)Nc1ccc2ccc(CC)cc2c1. The van der Waals surface area contributed by atoms with Gasteiger partial charge in [-0.15, -0.1) is 0 Å². The molecule has 0 unspecified atom stereocenters. The molecule has 0 fully saturated rings. The van der Waals surface area contributed by atoms with E-state index in [4.69, 9.17) is 0 Å². The monoisotopic (exact) mass is 253 g/mol. The second kappa shape index (κ2) is 6.42. The Hall–Kier alpha value is -1.76. The van der Waals surface area contributed by atoms with E-state index >= 15 is 0 Å². The summed E-state index contributed by atoms with van der Waals surface area (Å²) in [7, 11) is 0. The Bertz CT molecular complexity index is 581. The predicted octanol–water partition coefficient (Wildman–Crippen LogP) is 5.52. The molecule has 1 heteroatoms. The zero-order chi connectivity index (χ0) is 13.7. The fourth-order valence-corrected chi connectivity index (χ4v) is 2.31. The molecule has 2 aromatic rings. The summed E-state index contributed by atoms with van der Waals surface area (Å²) in [5, 5.41) is 6.14. The number of hydrogen-bond donors (Lipinski definition) is 1. The summed E-state index contributed by atoms with van der Waals surface area (Å²) >= 11 is 0. The number of allylic oxidation sites excluding steroid dienone is 2. The molecule has 0 bridgehead atoms. The van der Waals surface area contributed by atoms with Crippen molar-refractivity contribution in [3.05, 3.63) is 53.7 Å². The third-order valence-electron chi connectivity index (χ3n) is 3.45. The molecule has 2 aromatic carbocycles. The van der Waals surface area contributed by atoms with Gasteiger partial charge in [0.25, 0.3) is 0 Å². The first-order chi connectivity index (χ1) is 9.26. The van der Waals surface area contributed by atoms with Crippen LogP contribution in [-0.2, 0) is 6.42 Å². The highest BCUT2D eigenvalue weighted by Crippen LogP contribution is 2.22. The van der Waals surface area contributed by atoms with Gasteiger partial charge >= 0.3 is 0 Å². The highest BCUT2D eigenvalue weighted by atomic mass is 14.9. The molecule has 0 aliphatic heterocycles. The number of anilines is 1. The minimum absolute atomic E-state index is 1.04. The summed E-state index contributed by atoms with van der Waals surface area (Å²) < 4.78 is 0. The van der Waals surface area contributed by atoms with Crippen molar-refractivity contribution in [1.82, 2.24) is 0 Å². The van der Waals surface area contributed by atoms with E-state index < -0.39 is 0 Å². The topological polar surface area (TPSA) is 12.0 Å². The molecule has 2 rings (SSSR count). The van der Waals surface area contributed by atoms with Crippen molar-refractivity contribution in [1.29, 1.82) is 0 Å². The first-order valence-electron chi connectivity index (χ1n) is 7.25. The van der Waals surface area contributed by atoms with Crippen LogP contribution >= 0.6 is 0 Å². The van der Waals surface area contributed by atoms with Gasteiger partial charge in [0.1, 0.15) is 0 Å². The fourth-order valence-electron chi connectivity index (χ4n) is 2.31. The highest BCUT2D eigenvalue weighted by Gasteiger charge is 1.99. The van der Waals surface area contributed by atoms with Crippen molar-refractivity contribution < 1.29 is 0 Å². The van der Waals surface area contributed by atoms with Crippen LogP contribution in [0.4, 0.5) is 5.69 Å². The van der Waals surface area contributed by atoms with E-state index in [2.05, 4.69) is 68.6 Å². The molecule has 0 aliphatic rings. The van der Waals surface area contributed by atoms with Gasteiger partial charge in [0.05, 0.1) is 0 Å². The summed E-state index contributed by atoms with van der Waals surface area (Å²) in [4.78, 5) is 0. The summed E-state index contributed by atoms with van der Waals surface area (Å²) in [5.41, 5.74) is 3.88. The van der Waals surface area contributed by atoms with Crippen LogP contribution in [0.5, 0.6) is 0 Å². The largest absolute Gasteiger partial charge is 0.359 e. The number of benzene rings is 2. The number of fused-ring (bicyclic) bond motifs is 1. The zero-order valence-electron chi connectivity index (χ0n) is 12.2. The Kier molecular flexibility index (Phi) is 4.62. The maximum absolute atomic E-state index is 3.52. The highest BCUT2D eigenvalue weighted by molar-refractivity contribution is 5.86. The van der Waals surface area contributed by atoms with Crippen LogP contribution in [0.25, 0.3) is 10.8 Å². The standard InChI is InChI=1S/C18H23N/c1-4-7-17(6-3)19-18-11-10-15-9-8-14(5-2)12-16(15)13-18/h7-13,19H,4-6H2,1-3H3/b17-7+. The van der Waals surface area contributed by atoms with Gasteiger partial charge in [0.15, 0.2) is 0 Å². The van der Waals surface area contributed by atoms with Crippen molar-refractivity contribution in [2.75, 3.05) is 5.32 Å². The maximum atomic E-state index is 3.52. The molecule has 0 saturated carbocycles. The van der Waals surface area contributed by atoms with E-state index in [1.54, 1.807) is 0 Å². The van der Waals surface area contributed by atoms with Crippen molar-refractivity contribution in [3.8, 4) is 0 Å². The smallest absolute Gasteiger partial charge is 0.0388 e. The molecule has 0 spiro atoms. The van der Waals surface area contributed by atoms with Crippen LogP contribution in [0, 0.1) is 0 Å². The fraction of sp³-hybridized carbons (Fsp3) is 0.333. The Morgan fingerprint density at radius 1 is 1.00 bits per heavy atom. The van der Waals surface area contributed by atoms with Crippen molar-refractivity contribution in [3.63, 3.8) is 0 Å². The lowest BCUT2D eigenvalue weighted by Gasteiger charge is -2.10. The lowest BCUT2D eigenvalue weighted by Crippen LogP contribution is -1.98. The Morgan fingerprint density at radius 2 is 1.79 bits per heavy atom. The van der Waals surface area contributed by atoms with Crippen molar-refractivity contribution in [2.45, 2.75) is 40.0 Å². The number of rotatable bonds is 5. The summed E-state index contributed by atoms with van der Waals surface area (Å²) in [6.45, 7) is 6.55. The van der Waals surface area contributed by atoms with E-state index in [1.165, 1.54) is 27.7 Å². The quantitative estimate of drug-likeness (QED) is 0.740. The van der Waals surface area contributed by atoms with Gasteiger partial charge in [-0.2, -0.15) is 0 Å². The van der Waals surface area contributed by atoms with E-state index in [-0.39, 0.29) is 0 Å². The summed E-state index contributed by atoms with van der Waals surface area (Å²) in [6.07, 6.45) is 5.46. The summed E-state index contributed by atoms with van der Waals surface area (Å²) in [5.74, 6) is 0. The Balaban J connectivity index is 2.32. The lowest BCUT2D eigenvalue weighted by atomic mass is 10.0. The second-order valence-electron chi connectivity index (χ2n) is 4.87. The summed E-state index contributed by atoms with van der Waals surface area (Å²) in [6, 6.07) is 13.3. The van der Waals surface area contributed by atoms with Crippen LogP contribution in [0.1, 0.15) is 39.2 Å². The molecule has 0 radical (unpaired) electrons. The minimum atomic E-state index is 1.04. The van der Waals surface area contributed by atoms with E-state index in [0.29, 0.717) is 0 Å². The molecule has 0 heterocycles. The van der Waals surface area contributed by atoms with Crippen LogP contribution < -0.4 is 5.32 Å². The predicted molar refractivity (Wildman–Crippen MR) is 85.6 cm³/mol. The molecular weight excluding hydrogens is 230 g/mol. The average molecular weight is 253 g/mol. The van der Waals surface area contributed by atoms with E-state index in [0.717, 1.165) is 19.3 Å². The van der Waals surface area contributed by atoms with Crippen LogP contribution in [0.15, 0.2) is 48.2 Å². The molecule has 0 atom stereocenters. The third kappa shape index (κ3) is 3.37. The van der Waals surface area contributed by atoms with Gasteiger partial charge in [-0.1, -0.05) is 51.1 Å². The molecule has 19 heavy (non-hydrogen) atoms. The molecule has 0 aromatic heterocycles. The van der Waals surface area contributed by atoms with Gasteiger partial charge in [0, 0.05) is 11.4 Å². The van der Waals surface area contributed by atoms with Crippen molar-refractivity contribution >= 4 is 16.5 Å². The van der Waals surface area contributed by atoms with Gasteiger partial charge in [-0.05, 0) is 47.7 Å². The first kappa shape index (κ1) is 13.7. The van der Waals surface area contributed by atoms with Gasteiger partial charge in [-0.3, -0.25) is 0 Å². The molecule has 100 valence electrons. The minimum Gasteiger partial charge on any atom is -0.359 e. The zero-order valence-corrected chi connectivity index (χ0v) is 12.2. The van der Waals surface area contributed by atoms with Crippen LogP contribution in [0.2, 0.25) is 0 Å². The normalized spacial score (nSPS) is 11.8. The molecule has 0 saturated heterocycles. The van der Waals surface area contributed by atoms with Crippen LogP contribution in [-0.4, -0.2) is 0 Å². The Labute approximate surface area is 116 Å². The number of nitrogens with one attached hydrogen (secondary N) is 1. The third-order valence-corrected chi connectivity index (χ3v) is 3.45. The Morgan fingerprint density at radius 3 is 2.47 bits per heavy atom. The van der Waals surface area contributed by atoms with E-state index in [9.17, 15) is 0 Å². The van der Waals surface area contributed by atoms with Gasteiger partial charge in [0.2, 0.25) is 0 Å². The van der Waals surface area contributed by atoms with Crippen molar-refractivity contribution in [2.24, 2.45) is 0 Å². The molecule has 0 aliphatic carbocycles. The average Bonchev–Trinajstić information content (AvgIpc) is 2.46. The lowest BCUT2D eigenvalue weighted by molar-refractivity contribution is 1.06.